The molecule has 1 aromatic carbocycles. The molecule has 5 nitrogen and oxygen atoms in total. The summed E-state index contributed by atoms with van der Waals surface area (Å²) in [5.41, 5.74) is 0. The topological polar surface area (TPSA) is 64.8 Å². The van der Waals surface area contributed by atoms with Gasteiger partial charge in [-0.1, -0.05) is 12.1 Å². The van der Waals surface area contributed by atoms with Crippen LogP contribution in [0.1, 0.15) is 0 Å². The predicted octanol–water partition coefficient (Wildman–Crippen LogP) is 1.28. The van der Waals surface area contributed by atoms with Crippen molar-refractivity contribution in [2.75, 3.05) is 0 Å². The average molecular weight is 288 g/mol. The van der Waals surface area contributed by atoms with E-state index in [2.05, 4.69) is 26.0 Å². The highest BCUT2D eigenvalue weighted by Gasteiger charge is 2.19. The van der Waals surface area contributed by atoms with Crippen LogP contribution in [0.3, 0.4) is 0 Å². The fourth-order valence-corrected chi connectivity index (χ4v) is 3.09. The Balaban J connectivity index is 2.62. The van der Waals surface area contributed by atoms with Crippen LogP contribution in [-0.4, -0.2) is 22.6 Å². The Morgan fingerprint density at radius 2 is 2.00 bits per heavy atom. The van der Waals surface area contributed by atoms with E-state index in [-0.39, 0.29) is 4.90 Å². The van der Waals surface area contributed by atoms with Crippen LogP contribution in [0.2, 0.25) is 0 Å². The SMILES string of the molecule is O=S(=O)(c1ccccc1Br)n1cncn1. The molecule has 0 N–H and O–H groups in total. The molecule has 0 bridgehead atoms. The number of aromatic nitrogens is 3. The highest BCUT2D eigenvalue weighted by molar-refractivity contribution is 9.10. The molecule has 0 saturated heterocycles. The maximum absolute atomic E-state index is 11.9. The van der Waals surface area contributed by atoms with Crippen LogP contribution in [0.5, 0.6) is 0 Å². The fraction of sp³-hybridized carbons (Fsp3) is 0. The second-order valence-corrected chi connectivity index (χ2v) is 5.32. The second kappa shape index (κ2) is 3.74. The van der Waals surface area contributed by atoms with E-state index in [1.54, 1.807) is 18.2 Å². The number of hydrogen-bond donors (Lipinski definition) is 0. The summed E-state index contributed by atoms with van der Waals surface area (Å²) in [5, 5.41) is 3.60. The van der Waals surface area contributed by atoms with Gasteiger partial charge in [0, 0.05) is 4.47 Å². The molecule has 15 heavy (non-hydrogen) atoms. The van der Waals surface area contributed by atoms with Crippen LogP contribution in [-0.2, 0) is 10.0 Å². The number of hydrogen-bond acceptors (Lipinski definition) is 4. The molecule has 1 heterocycles. The van der Waals surface area contributed by atoms with E-state index >= 15 is 0 Å². The maximum Gasteiger partial charge on any atom is 0.285 e. The first kappa shape index (κ1) is 10.3. The van der Waals surface area contributed by atoms with Gasteiger partial charge in [0.15, 0.2) is 0 Å². The van der Waals surface area contributed by atoms with Crippen LogP contribution in [0.25, 0.3) is 0 Å². The Kier molecular flexibility index (Phi) is 2.57. The minimum absolute atomic E-state index is 0.163. The zero-order valence-electron chi connectivity index (χ0n) is 7.41. The molecule has 0 aliphatic carbocycles. The first-order valence-electron chi connectivity index (χ1n) is 3.97. The highest BCUT2D eigenvalue weighted by Crippen LogP contribution is 2.22. The minimum atomic E-state index is -3.63. The van der Waals surface area contributed by atoms with E-state index in [9.17, 15) is 8.42 Å². The van der Waals surface area contributed by atoms with Gasteiger partial charge in [0.1, 0.15) is 17.6 Å². The van der Waals surface area contributed by atoms with Crippen molar-refractivity contribution in [1.29, 1.82) is 0 Å². The molecule has 0 radical (unpaired) electrons. The van der Waals surface area contributed by atoms with E-state index in [0.29, 0.717) is 4.47 Å². The summed E-state index contributed by atoms with van der Waals surface area (Å²) in [6.07, 6.45) is 2.32. The van der Waals surface area contributed by atoms with Gasteiger partial charge in [-0.05, 0) is 28.1 Å². The number of benzene rings is 1. The zero-order chi connectivity index (χ0) is 10.9. The van der Waals surface area contributed by atoms with Gasteiger partial charge in [0.05, 0.1) is 0 Å². The third kappa shape index (κ3) is 1.80. The molecule has 0 spiro atoms. The normalized spacial score (nSPS) is 11.5. The quantitative estimate of drug-likeness (QED) is 0.835. The van der Waals surface area contributed by atoms with E-state index in [1.807, 2.05) is 0 Å². The van der Waals surface area contributed by atoms with Crippen molar-refractivity contribution >= 4 is 26.0 Å². The zero-order valence-corrected chi connectivity index (χ0v) is 9.81. The summed E-state index contributed by atoms with van der Waals surface area (Å²) < 4.78 is 25.2. The lowest BCUT2D eigenvalue weighted by atomic mass is 10.4. The molecular weight excluding hydrogens is 282 g/mol. The van der Waals surface area contributed by atoms with Gasteiger partial charge in [-0.3, -0.25) is 0 Å². The Labute approximate surface area is 94.9 Å². The van der Waals surface area contributed by atoms with Crippen LogP contribution < -0.4 is 0 Å². The third-order valence-corrected chi connectivity index (χ3v) is 4.31. The Bertz CT molecular complexity index is 565. The molecule has 0 aliphatic rings. The van der Waals surface area contributed by atoms with Crippen molar-refractivity contribution in [3.63, 3.8) is 0 Å². The monoisotopic (exact) mass is 287 g/mol. The summed E-state index contributed by atoms with van der Waals surface area (Å²) in [6, 6.07) is 6.55. The molecule has 2 aromatic rings. The second-order valence-electron chi connectivity index (χ2n) is 2.70. The summed E-state index contributed by atoms with van der Waals surface area (Å²) >= 11 is 3.18. The van der Waals surface area contributed by atoms with Crippen LogP contribution in [0.15, 0.2) is 46.3 Å². The highest BCUT2D eigenvalue weighted by atomic mass is 79.9. The standard InChI is InChI=1S/C8H6BrN3O2S/c9-7-3-1-2-4-8(7)15(13,14)12-6-10-5-11-12/h1-6H. The van der Waals surface area contributed by atoms with Gasteiger partial charge in [-0.25, -0.2) is 4.98 Å². The van der Waals surface area contributed by atoms with Gasteiger partial charge in [0.25, 0.3) is 10.0 Å². The van der Waals surface area contributed by atoms with Gasteiger partial charge in [0.2, 0.25) is 0 Å². The van der Waals surface area contributed by atoms with Crippen molar-refractivity contribution in [2.24, 2.45) is 0 Å². The molecule has 78 valence electrons. The fourth-order valence-electron chi connectivity index (χ4n) is 1.08. The molecule has 0 atom stereocenters. The molecule has 0 fully saturated rings. The van der Waals surface area contributed by atoms with Gasteiger partial charge in [-0.2, -0.15) is 8.42 Å². The number of rotatable bonds is 2. The van der Waals surface area contributed by atoms with Crippen LogP contribution in [0, 0.1) is 0 Å². The third-order valence-electron chi connectivity index (χ3n) is 1.76. The lowest BCUT2D eigenvalue weighted by Gasteiger charge is -2.04. The van der Waals surface area contributed by atoms with Crippen LogP contribution >= 0.6 is 15.9 Å². The molecule has 0 amide bonds. The van der Waals surface area contributed by atoms with Crippen molar-refractivity contribution in [2.45, 2.75) is 4.90 Å². The first-order chi connectivity index (χ1) is 7.12. The largest absolute Gasteiger partial charge is 0.285 e. The first-order valence-corrected chi connectivity index (χ1v) is 6.20. The van der Waals surface area contributed by atoms with E-state index in [1.165, 1.54) is 12.4 Å². The summed E-state index contributed by atoms with van der Waals surface area (Å²) in [5.74, 6) is 0. The molecule has 0 saturated carbocycles. The van der Waals surface area contributed by atoms with Gasteiger partial charge >= 0.3 is 0 Å². The average Bonchev–Trinajstić information content (AvgIpc) is 2.71. The molecular formula is C8H6BrN3O2S. The van der Waals surface area contributed by atoms with Crippen molar-refractivity contribution in [3.05, 3.63) is 41.4 Å². The van der Waals surface area contributed by atoms with E-state index in [4.69, 9.17) is 0 Å². The Hall–Kier alpha value is -1.21. The lowest BCUT2D eigenvalue weighted by Crippen LogP contribution is -2.13. The molecule has 0 aliphatic heterocycles. The van der Waals surface area contributed by atoms with Crippen molar-refractivity contribution < 1.29 is 8.42 Å². The van der Waals surface area contributed by atoms with E-state index < -0.39 is 10.0 Å². The molecule has 7 heteroatoms. The van der Waals surface area contributed by atoms with Gasteiger partial charge in [-0.15, -0.1) is 9.19 Å². The van der Waals surface area contributed by atoms with Crippen molar-refractivity contribution in [3.8, 4) is 0 Å². The number of nitrogens with zero attached hydrogens (tertiary/aromatic N) is 3. The minimum Gasteiger partial charge on any atom is -0.222 e. The predicted molar refractivity (Wildman–Crippen MR) is 56.7 cm³/mol. The number of halogens is 1. The maximum atomic E-state index is 11.9. The van der Waals surface area contributed by atoms with E-state index in [0.717, 1.165) is 10.4 Å². The smallest absolute Gasteiger partial charge is 0.222 e. The lowest BCUT2D eigenvalue weighted by molar-refractivity contribution is 0.579. The summed E-state index contributed by atoms with van der Waals surface area (Å²) in [6.45, 7) is 0. The van der Waals surface area contributed by atoms with Crippen LogP contribution in [0.4, 0.5) is 0 Å². The Morgan fingerprint density at radius 3 is 2.60 bits per heavy atom. The molecule has 2 rings (SSSR count). The van der Waals surface area contributed by atoms with Crippen molar-refractivity contribution in [1.82, 2.24) is 14.2 Å². The van der Waals surface area contributed by atoms with Gasteiger partial charge < -0.3 is 0 Å². The summed E-state index contributed by atoms with van der Waals surface area (Å²) in [7, 11) is -3.63. The Morgan fingerprint density at radius 1 is 1.27 bits per heavy atom. The summed E-state index contributed by atoms with van der Waals surface area (Å²) in [4.78, 5) is 3.76. The molecule has 0 unspecified atom stereocenters. The molecule has 1 aromatic heterocycles.